The van der Waals surface area contributed by atoms with Crippen LogP contribution in [0.25, 0.3) is 0 Å². The number of hydrogen-bond acceptors (Lipinski definition) is 3. The summed E-state index contributed by atoms with van der Waals surface area (Å²) in [4.78, 5) is 0. The van der Waals surface area contributed by atoms with Gasteiger partial charge in [0.05, 0.1) is 25.0 Å². The van der Waals surface area contributed by atoms with Gasteiger partial charge in [-0.15, -0.1) is 0 Å². The summed E-state index contributed by atoms with van der Waals surface area (Å²) in [7, 11) is 0. The van der Waals surface area contributed by atoms with Crippen LogP contribution in [0.5, 0.6) is 0 Å². The largest absolute Gasteiger partial charge is 0.468 e. The van der Waals surface area contributed by atoms with Gasteiger partial charge >= 0.3 is 0 Å². The zero-order valence-corrected chi connectivity index (χ0v) is 11.9. The van der Waals surface area contributed by atoms with E-state index in [9.17, 15) is 0 Å². The maximum atomic E-state index is 5.59. The molecule has 3 rings (SSSR count). The molecule has 0 aromatic carbocycles. The molecule has 2 heterocycles. The summed E-state index contributed by atoms with van der Waals surface area (Å²) in [6, 6.07) is 2.75. The number of nitrogens with zero attached hydrogens (tertiary/aromatic N) is 2. The second-order valence-electron chi connectivity index (χ2n) is 5.48. The molecule has 0 radical (unpaired) electrons. The summed E-state index contributed by atoms with van der Waals surface area (Å²) in [5, 5.41) is 8.08. The molecule has 1 aliphatic rings. The van der Waals surface area contributed by atoms with Gasteiger partial charge < -0.3 is 9.73 Å². The van der Waals surface area contributed by atoms with Crippen LogP contribution in [0.4, 0.5) is 0 Å². The van der Waals surface area contributed by atoms with E-state index in [1.807, 2.05) is 0 Å². The van der Waals surface area contributed by atoms with E-state index in [2.05, 4.69) is 41.9 Å². The smallest absolute Gasteiger partial charge is 0.122 e. The van der Waals surface area contributed by atoms with Gasteiger partial charge in [0.1, 0.15) is 5.76 Å². The Labute approximate surface area is 113 Å². The highest BCUT2D eigenvalue weighted by atomic mass is 16.3. The Kier molecular flexibility index (Phi) is 3.19. The van der Waals surface area contributed by atoms with Crippen molar-refractivity contribution in [2.45, 2.75) is 52.7 Å². The molecule has 1 aliphatic carbocycles. The van der Waals surface area contributed by atoms with Crippen LogP contribution in [0.1, 0.15) is 41.1 Å². The molecule has 4 heteroatoms. The van der Waals surface area contributed by atoms with E-state index >= 15 is 0 Å². The fraction of sp³-hybridized carbons (Fsp3) is 0.533. The molecule has 1 fully saturated rings. The summed E-state index contributed by atoms with van der Waals surface area (Å²) in [6.07, 6.45) is 4.37. The first-order valence-electron chi connectivity index (χ1n) is 6.94. The lowest BCUT2D eigenvalue weighted by atomic mass is 10.2. The van der Waals surface area contributed by atoms with Crippen LogP contribution in [-0.2, 0) is 13.1 Å². The molecule has 0 saturated heterocycles. The third-order valence-corrected chi connectivity index (χ3v) is 4.03. The molecular formula is C15H21N3O. The monoisotopic (exact) mass is 259 g/mol. The molecular weight excluding hydrogens is 238 g/mol. The minimum absolute atomic E-state index is 0.703. The number of aryl methyl sites for hydroxylation is 1. The molecule has 0 atom stereocenters. The number of rotatable bonds is 5. The van der Waals surface area contributed by atoms with Gasteiger partial charge in [0.2, 0.25) is 0 Å². The van der Waals surface area contributed by atoms with E-state index in [1.165, 1.54) is 29.7 Å². The lowest BCUT2D eigenvalue weighted by Gasteiger charge is -2.06. The van der Waals surface area contributed by atoms with E-state index in [0.29, 0.717) is 6.04 Å². The average Bonchev–Trinajstić information content (AvgIpc) is 3.08. The number of nitrogens with one attached hydrogen (secondary N) is 1. The van der Waals surface area contributed by atoms with Gasteiger partial charge in [-0.2, -0.15) is 5.10 Å². The van der Waals surface area contributed by atoms with E-state index in [1.54, 1.807) is 6.26 Å². The highest BCUT2D eigenvalue weighted by molar-refractivity contribution is 5.24. The molecule has 102 valence electrons. The van der Waals surface area contributed by atoms with Gasteiger partial charge in [0.25, 0.3) is 0 Å². The number of aromatic nitrogens is 2. The molecule has 1 saturated carbocycles. The summed E-state index contributed by atoms with van der Waals surface area (Å²) < 4.78 is 7.65. The van der Waals surface area contributed by atoms with Gasteiger partial charge in [0.15, 0.2) is 0 Å². The molecule has 1 N–H and O–H groups in total. The molecule has 0 bridgehead atoms. The first kappa shape index (κ1) is 12.5. The zero-order valence-electron chi connectivity index (χ0n) is 11.9. The fourth-order valence-corrected chi connectivity index (χ4v) is 2.29. The third kappa shape index (κ3) is 2.59. The second-order valence-corrected chi connectivity index (χ2v) is 5.48. The third-order valence-electron chi connectivity index (χ3n) is 4.03. The van der Waals surface area contributed by atoms with Crippen LogP contribution >= 0.6 is 0 Å². The van der Waals surface area contributed by atoms with E-state index in [-0.39, 0.29) is 0 Å². The molecule has 0 amide bonds. The Morgan fingerprint density at radius 3 is 2.79 bits per heavy atom. The standard InChI is InChI=1S/C15H21N3O/c1-10-11(2)17-18(12(10)3)9-13-6-7-19-15(13)8-16-14-4-5-14/h6-7,14,16H,4-5,8-9H2,1-3H3. The Morgan fingerprint density at radius 1 is 1.37 bits per heavy atom. The molecule has 2 aromatic rings. The number of hydrogen-bond donors (Lipinski definition) is 1. The molecule has 2 aromatic heterocycles. The molecule has 19 heavy (non-hydrogen) atoms. The van der Waals surface area contributed by atoms with Crippen molar-refractivity contribution in [2.75, 3.05) is 0 Å². The van der Waals surface area contributed by atoms with E-state index in [0.717, 1.165) is 24.5 Å². The predicted octanol–water partition coefficient (Wildman–Crippen LogP) is 2.70. The average molecular weight is 259 g/mol. The van der Waals surface area contributed by atoms with Crippen LogP contribution in [-0.4, -0.2) is 15.8 Å². The first-order valence-corrected chi connectivity index (χ1v) is 6.94. The molecule has 0 aliphatic heterocycles. The van der Waals surface area contributed by atoms with Gasteiger partial charge in [-0.3, -0.25) is 4.68 Å². The Morgan fingerprint density at radius 2 is 2.16 bits per heavy atom. The van der Waals surface area contributed by atoms with Crippen molar-refractivity contribution in [3.63, 3.8) is 0 Å². The lowest BCUT2D eigenvalue weighted by molar-refractivity contribution is 0.473. The maximum Gasteiger partial charge on any atom is 0.122 e. The quantitative estimate of drug-likeness (QED) is 0.897. The first-order chi connectivity index (χ1) is 9.15. The van der Waals surface area contributed by atoms with Gasteiger partial charge in [-0.1, -0.05) is 0 Å². The topological polar surface area (TPSA) is 43.0 Å². The predicted molar refractivity (Wildman–Crippen MR) is 74.1 cm³/mol. The lowest BCUT2D eigenvalue weighted by Crippen LogP contribution is -2.16. The fourth-order valence-electron chi connectivity index (χ4n) is 2.29. The molecule has 0 spiro atoms. The molecule has 0 unspecified atom stereocenters. The molecule has 4 nitrogen and oxygen atoms in total. The van der Waals surface area contributed by atoms with Gasteiger partial charge in [-0.25, -0.2) is 0 Å². The highest BCUT2D eigenvalue weighted by Gasteiger charge is 2.21. The van der Waals surface area contributed by atoms with Crippen molar-refractivity contribution < 1.29 is 4.42 Å². The van der Waals surface area contributed by atoms with Crippen molar-refractivity contribution >= 4 is 0 Å². The van der Waals surface area contributed by atoms with E-state index in [4.69, 9.17) is 4.42 Å². The van der Waals surface area contributed by atoms with Crippen LogP contribution < -0.4 is 5.32 Å². The van der Waals surface area contributed by atoms with Crippen molar-refractivity contribution in [1.82, 2.24) is 15.1 Å². The summed E-state index contributed by atoms with van der Waals surface area (Å²) in [6.45, 7) is 7.92. The maximum absolute atomic E-state index is 5.59. The van der Waals surface area contributed by atoms with Gasteiger partial charge in [-0.05, 0) is 45.2 Å². The second kappa shape index (κ2) is 4.85. The minimum Gasteiger partial charge on any atom is -0.468 e. The summed E-state index contributed by atoms with van der Waals surface area (Å²) in [5.41, 5.74) is 4.85. The minimum atomic E-state index is 0.703. The van der Waals surface area contributed by atoms with Crippen molar-refractivity contribution in [3.05, 3.63) is 40.6 Å². The Balaban J connectivity index is 1.74. The van der Waals surface area contributed by atoms with Crippen LogP contribution in [0.15, 0.2) is 16.7 Å². The highest BCUT2D eigenvalue weighted by Crippen LogP contribution is 2.21. The Bertz CT molecular complexity index is 578. The SMILES string of the molecule is Cc1nn(Cc2ccoc2CNC2CC2)c(C)c1C. The van der Waals surface area contributed by atoms with E-state index < -0.39 is 0 Å². The van der Waals surface area contributed by atoms with Crippen molar-refractivity contribution in [1.29, 1.82) is 0 Å². The van der Waals surface area contributed by atoms with Crippen LogP contribution in [0.3, 0.4) is 0 Å². The van der Waals surface area contributed by atoms with Crippen molar-refractivity contribution in [2.24, 2.45) is 0 Å². The summed E-state index contributed by atoms with van der Waals surface area (Å²) >= 11 is 0. The van der Waals surface area contributed by atoms with Crippen LogP contribution in [0, 0.1) is 20.8 Å². The summed E-state index contributed by atoms with van der Waals surface area (Å²) in [5.74, 6) is 1.04. The van der Waals surface area contributed by atoms with Crippen molar-refractivity contribution in [3.8, 4) is 0 Å². The number of furan rings is 1. The van der Waals surface area contributed by atoms with Crippen LogP contribution in [0.2, 0.25) is 0 Å². The van der Waals surface area contributed by atoms with Gasteiger partial charge in [0, 0.05) is 17.3 Å². The Hall–Kier alpha value is -1.55. The zero-order chi connectivity index (χ0) is 13.4. The normalized spacial score (nSPS) is 15.1.